The third-order valence-electron chi connectivity index (χ3n) is 3.62. The van der Waals surface area contributed by atoms with Crippen molar-refractivity contribution in [2.45, 2.75) is 46.7 Å². The molecule has 0 heterocycles. The van der Waals surface area contributed by atoms with Gasteiger partial charge in [0.1, 0.15) is 3.77 Å². The standard InChI is InChI=1S/C18H28FIOSi/c1-18(2,3)16(13-17(20)21-22(4)5)12-15-8-6-7-14(11-15)9-10-19/h6-8,11,13,16,22H,9-10,12H2,1-5H3/t16-/m0/s1. The maximum absolute atomic E-state index is 12.5. The Hall–Kier alpha value is -0.363. The van der Waals surface area contributed by atoms with E-state index in [-0.39, 0.29) is 12.1 Å². The molecule has 0 aromatic heterocycles. The van der Waals surface area contributed by atoms with Crippen LogP contribution in [0.5, 0.6) is 0 Å². The second-order valence-corrected chi connectivity index (χ2v) is 10.5. The van der Waals surface area contributed by atoms with Gasteiger partial charge in [-0.25, -0.2) is 0 Å². The van der Waals surface area contributed by atoms with Crippen molar-refractivity contribution in [3.63, 3.8) is 0 Å². The first-order valence-electron chi connectivity index (χ1n) is 7.90. The highest BCUT2D eigenvalue weighted by molar-refractivity contribution is 14.1. The van der Waals surface area contributed by atoms with Crippen molar-refractivity contribution in [1.82, 2.24) is 0 Å². The Bertz CT molecular complexity index is 494. The van der Waals surface area contributed by atoms with Crippen LogP contribution in [-0.2, 0) is 17.3 Å². The van der Waals surface area contributed by atoms with Crippen LogP contribution in [0.25, 0.3) is 0 Å². The van der Waals surface area contributed by atoms with Gasteiger partial charge in [-0.1, -0.05) is 45.0 Å². The molecular weight excluding hydrogens is 406 g/mol. The van der Waals surface area contributed by atoms with E-state index < -0.39 is 9.04 Å². The highest BCUT2D eigenvalue weighted by atomic mass is 127. The normalized spacial score (nSPS) is 14.3. The largest absolute Gasteiger partial charge is 0.543 e. The lowest BCUT2D eigenvalue weighted by atomic mass is 9.77. The van der Waals surface area contributed by atoms with Crippen molar-refractivity contribution >= 4 is 31.6 Å². The van der Waals surface area contributed by atoms with Gasteiger partial charge in [0.25, 0.3) is 0 Å². The molecule has 22 heavy (non-hydrogen) atoms. The van der Waals surface area contributed by atoms with E-state index in [1.807, 2.05) is 12.1 Å². The van der Waals surface area contributed by atoms with Gasteiger partial charge < -0.3 is 4.43 Å². The monoisotopic (exact) mass is 434 g/mol. The lowest BCUT2D eigenvalue weighted by molar-refractivity contribution is 0.286. The minimum Gasteiger partial charge on any atom is -0.543 e. The molecule has 1 aromatic rings. The Morgan fingerprint density at radius 1 is 1.32 bits per heavy atom. The number of aryl methyl sites for hydroxylation is 1. The summed E-state index contributed by atoms with van der Waals surface area (Å²) in [5.74, 6) is 0.396. The molecule has 0 aliphatic heterocycles. The molecule has 0 aliphatic carbocycles. The van der Waals surface area contributed by atoms with Crippen LogP contribution < -0.4 is 0 Å². The quantitative estimate of drug-likeness (QED) is 0.305. The topological polar surface area (TPSA) is 9.23 Å². The average Bonchev–Trinajstić information content (AvgIpc) is 2.36. The molecule has 0 unspecified atom stereocenters. The maximum atomic E-state index is 12.5. The van der Waals surface area contributed by atoms with Gasteiger partial charge in [-0.15, -0.1) is 0 Å². The van der Waals surface area contributed by atoms with Crippen molar-refractivity contribution in [3.8, 4) is 0 Å². The summed E-state index contributed by atoms with van der Waals surface area (Å²) in [5, 5.41) is 0. The van der Waals surface area contributed by atoms with Gasteiger partial charge in [-0.05, 0) is 70.6 Å². The number of hydrogen-bond donors (Lipinski definition) is 0. The van der Waals surface area contributed by atoms with E-state index in [0.717, 1.165) is 15.8 Å². The van der Waals surface area contributed by atoms with E-state index in [9.17, 15) is 4.39 Å². The summed E-state index contributed by atoms with van der Waals surface area (Å²) in [5.41, 5.74) is 2.51. The Labute approximate surface area is 150 Å². The molecule has 0 amide bonds. The first kappa shape index (κ1) is 19.7. The van der Waals surface area contributed by atoms with Crippen molar-refractivity contribution in [3.05, 3.63) is 45.2 Å². The second kappa shape index (κ2) is 9.06. The van der Waals surface area contributed by atoms with Gasteiger partial charge in [0.2, 0.25) is 9.04 Å². The molecule has 0 saturated carbocycles. The van der Waals surface area contributed by atoms with E-state index in [0.29, 0.717) is 12.3 Å². The zero-order valence-electron chi connectivity index (χ0n) is 14.3. The van der Waals surface area contributed by atoms with E-state index in [4.69, 9.17) is 4.43 Å². The number of allylic oxidation sites excluding steroid dienone is 1. The van der Waals surface area contributed by atoms with Crippen LogP contribution in [0.1, 0.15) is 31.9 Å². The molecule has 1 rings (SSSR count). The molecule has 0 saturated heterocycles. The summed E-state index contributed by atoms with van der Waals surface area (Å²) in [6, 6.07) is 8.31. The number of halogens is 2. The van der Waals surface area contributed by atoms with Crippen LogP contribution in [0.4, 0.5) is 4.39 Å². The molecular formula is C18H28FIOSi. The summed E-state index contributed by atoms with van der Waals surface area (Å²) < 4.78 is 19.5. The van der Waals surface area contributed by atoms with Crippen molar-refractivity contribution < 1.29 is 8.82 Å². The number of alkyl halides is 1. The number of hydrogen-bond acceptors (Lipinski definition) is 1. The van der Waals surface area contributed by atoms with Gasteiger partial charge in [0.15, 0.2) is 0 Å². The van der Waals surface area contributed by atoms with E-state index in [1.165, 1.54) is 5.56 Å². The predicted octanol–water partition coefficient (Wildman–Crippen LogP) is 5.68. The van der Waals surface area contributed by atoms with Crippen LogP contribution >= 0.6 is 22.6 Å². The molecule has 1 aromatic carbocycles. The van der Waals surface area contributed by atoms with Crippen LogP contribution in [0, 0.1) is 11.3 Å². The molecule has 0 bridgehead atoms. The van der Waals surface area contributed by atoms with Gasteiger partial charge in [0, 0.05) is 6.42 Å². The van der Waals surface area contributed by atoms with Gasteiger partial charge in [0.05, 0.1) is 6.67 Å². The SMILES string of the molecule is C[SiH](C)OC(I)=C[C@H](Cc1cccc(CCF)c1)C(C)(C)C. The molecule has 0 aliphatic rings. The maximum Gasteiger partial charge on any atom is 0.230 e. The second-order valence-electron chi connectivity index (χ2n) is 7.07. The average molecular weight is 434 g/mol. The summed E-state index contributed by atoms with van der Waals surface area (Å²) in [7, 11) is -1.06. The molecule has 4 heteroatoms. The minimum absolute atomic E-state index is 0.161. The van der Waals surface area contributed by atoms with Gasteiger partial charge in [-0.3, -0.25) is 4.39 Å². The fourth-order valence-corrected chi connectivity index (χ4v) is 4.80. The van der Waals surface area contributed by atoms with Crippen LogP contribution in [0.15, 0.2) is 34.1 Å². The van der Waals surface area contributed by atoms with E-state index >= 15 is 0 Å². The molecule has 124 valence electrons. The van der Waals surface area contributed by atoms with Crippen LogP contribution in [0.2, 0.25) is 13.1 Å². The minimum atomic E-state index is -1.06. The lowest BCUT2D eigenvalue weighted by Crippen LogP contribution is -2.21. The first-order valence-corrected chi connectivity index (χ1v) is 11.8. The Morgan fingerprint density at radius 2 is 1.95 bits per heavy atom. The third kappa shape index (κ3) is 7.27. The zero-order chi connectivity index (χ0) is 16.8. The zero-order valence-corrected chi connectivity index (χ0v) is 17.6. The van der Waals surface area contributed by atoms with E-state index in [2.05, 4.69) is 74.7 Å². The Balaban J connectivity index is 2.92. The summed E-state index contributed by atoms with van der Waals surface area (Å²) in [6.45, 7) is 10.8. The smallest absolute Gasteiger partial charge is 0.230 e. The third-order valence-corrected chi connectivity index (χ3v) is 5.44. The molecule has 0 N–H and O–H groups in total. The number of rotatable bonds is 7. The number of benzene rings is 1. The molecule has 0 radical (unpaired) electrons. The molecule has 1 atom stereocenters. The summed E-state index contributed by atoms with van der Waals surface area (Å²) >= 11 is 2.30. The fraction of sp³-hybridized carbons (Fsp3) is 0.556. The van der Waals surface area contributed by atoms with Crippen molar-refractivity contribution in [2.24, 2.45) is 11.3 Å². The summed E-state index contributed by atoms with van der Waals surface area (Å²) in [4.78, 5) is 0. The fourth-order valence-electron chi connectivity index (χ4n) is 2.31. The van der Waals surface area contributed by atoms with Gasteiger partial charge in [-0.2, -0.15) is 0 Å². The highest BCUT2D eigenvalue weighted by Crippen LogP contribution is 2.32. The highest BCUT2D eigenvalue weighted by Gasteiger charge is 2.24. The Kier molecular flexibility index (Phi) is 8.11. The molecule has 0 fully saturated rings. The van der Waals surface area contributed by atoms with Crippen LogP contribution in [0.3, 0.4) is 0 Å². The van der Waals surface area contributed by atoms with Crippen molar-refractivity contribution in [2.75, 3.05) is 6.67 Å². The van der Waals surface area contributed by atoms with E-state index in [1.54, 1.807) is 0 Å². The van der Waals surface area contributed by atoms with Gasteiger partial charge >= 0.3 is 0 Å². The first-order chi connectivity index (χ1) is 10.2. The van der Waals surface area contributed by atoms with Crippen molar-refractivity contribution in [1.29, 1.82) is 0 Å². The predicted molar refractivity (Wildman–Crippen MR) is 105 cm³/mol. The molecule has 0 spiro atoms. The molecule has 1 nitrogen and oxygen atoms in total. The Morgan fingerprint density at radius 3 is 2.50 bits per heavy atom. The van der Waals surface area contributed by atoms with Crippen LogP contribution in [-0.4, -0.2) is 15.7 Å². The summed E-state index contributed by atoms with van der Waals surface area (Å²) in [6.07, 6.45) is 3.72. The lowest BCUT2D eigenvalue weighted by Gasteiger charge is -2.29.